The number of hydrogen-bond acceptors (Lipinski definition) is 5. The van der Waals surface area contributed by atoms with Crippen LogP contribution in [0, 0.1) is 5.82 Å². The van der Waals surface area contributed by atoms with E-state index in [1.807, 2.05) is 0 Å². The van der Waals surface area contributed by atoms with Gasteiger partial charge in [-0.05, 0) is 17.3 Å². The summed E-state index contributed by atoms with van der Waals surface area (Å²) >= 11 is 0. The molecule has 0 saturated carbocycles. The molecule has 1 aromatic heterocycles. The number of hydrogen-bond donors (Lipinski definition) is 1. The van der Waals surface area contributed by atoms with Crippen LogP contribution in [0.3, 0.4) is 0 Å². The molecule has 0 saturated heterocycles. The minimum absolute atomic E-state index is 0.00227. The Kier molecular flexibility index (Phi) is 2.24. The predicted molar refractivity (Wildman–Crippen MR) is 50.7 cm³/mol. The Labute approximate surface area is 84.7 Å². The second-order valence-corrected chi connectivity index (χ2v) is 2.77. The zero-order chi connectivity index (χ0) is 10.8. The van der Waals surface area contributed by atoms with Crippen molar-refractivity contribution < 1.29 is 13.7 Å². The first kappa shape index (κ1) is 9.45. The Morgan fingerprint density at radius 3 is 2.87 bits per heavy atom. The lowest BCUT2D eigenvalue weighted by Gasteiger charge is -2.04. The summed E-state index contributed by atoms with van der Waals surface area (Å²) in [6.45, 7) is 0. The van der Waals surface area contributed by atoms with Crippen LogP contribution in [0.1, 0.15) is 0 Å². The molecule has 78 valence electrons. The molecule has 0 unspecified atom stereocenters. The van der Waals surface area contributed by atoms with Gasteiger partial charge in [-0.1, -0.05) is 6.07 Å². The summed E-state index contributed by atoms with van der Waals surface area (Å²) in [5.41, 5.74) is 5.39. The maximum atomic E-state index is 13.5. The average Bonchev–Trinajstić information content (AvgIpc) is 2.64. The Balaban J connectivity index is 2.60. The van der Waals surface area contributed by atoms with Gasteiger partial charge in [-0.3, -0.25) is 0 Å². The number of nitrogens with two attached hydrogens (primary N) is 1. The molecule has 0 atom stereocenters. The molecule has 0 bridgehead atoms. The standard InChI is InChI=1S/C9H8FN3O2/c1-14-6-4-2-3-5(10)7(6)8-12-9(11)13-15-8/h2-4H,1H3,(H2,11,13). The summed E-state index contributed by atoms with van der Waals surface area (Å²) in [4.78, 5) is 3.73. The topological polar surface area (TPSA) is 74.2 Å². The van der Waals surface area contributed by atoms with Crippen LogP contribution >= 0.6 is 0 Å². The zero-order valence-corrected chi connectivity index (χ0v) is 7.90. The van der Waals surface area contributed by atoms with E-state index in [-0.39, 0.29) is 17.4 Å². The Morgan fingerprint density at radius 1 is 1.47 bits per heavy atom. The van der Waals surface area contributed by atoms with Gasteiger partial charge in [-0.2, -0.15) is 4.98 Å². The fourth-order valence-electron chi connectivity index (χ4n) is 1.22. The van der Waals surface area contributed by atoms with Crippen LogP contribution < -0.4 is 10.5 Å². The number of halogens is 1. The number of benzene rings is 1. The van der Waals surface area contributed by atoms with Gasteiger partial charge in [0.05, 0.1) is 7.11 Å². The SMILES string of the molecule is COc1cccc(F)c1-c1nc(N)no1. The van der Waals surface area contributed by atoms with Gasteiger partial charge in [0.15, 0.2) is 0 Å². The number of ether oxygens (including phenoxy) is 1. The molecule has 0 radical (unpaired) electrons. The van der Waals surface area contributed by atoms with Crippen LogP contribution in [-0.4, -0.2) is 17.3 Å². The highest BCUT2D eigenvalue weighted by atomic mass is 19.1. The van der Waals surface area contributed by atoms with E-state index < -0.39 is 5.82 Å². The van der Waals surface area contributed by atoms with E-state index in [2.05, 4.69) is 10.1 Å². The van der Waals surface area contributed by atoms with E-state index in [0.717, 1.165) is 0 Å². The van der Waals surface area contributed by atoms with Crippen molar-refractivity contribution in [2.24, 2.45) is 0 Å². The molecule has 0 amide bonds. The fraction of sp³-hybridized carbons (Fsp3) is 0.111. The van der Waals surface area contributed by atoms with Crippen molar-refractivity contribution in [3.05, 3.63) is 24.0 Å². The summed E-state index contributed by atoms with van der Waals surface area (Å²) in [6.07, 6.45) is 0. The first-order valence-electron chi connectivity index (χ1n) is 4.14. The summed E-state index contributed by atoms with van der Waals surface area (Å²) in [7, 11) is 1.43. The van der Waals surface area contributed by atoms with Gasteiger partial charge in [0.1, 0.15) is 17.1 Å². The van der Waals surface area contributed by atoms with Crippen molar-refractivity contribution >= 4 is 5.95 Å². The highest BCUT2D eigenvalue weighted by Gasteiger charge is 2.17. The molecule has 2 rings (SSSR count). The average molecular weight is 209 g/mol. The van der Waals surface area contributed by atoms with E-state index in [9.17, 15) is 4.39 Å². The lowest BCUT2D eigenvalue weighted by atomic mass is 10.2. The molecular weight excluding hydrogens is 201 g/mol. The molecule has 0 aliphatic carbocycles. The van der Waals surface area contributed by atoms with Crippen LogP contribution in [-0.2, 0) is 0 Å². The quantitative estimate of drug-likeness (QED) is 0.810. The maximum Gasteiger partial charge on any atom is 0.266 e. The first-order chi connectivity index (χ1) is 7.22. The predicted octanol–water partition coefficient (Wildman–Crippen LogP) is 1.47. The third-order valence-corrected chi connectivity index (χ3v) is 1.85. The highest BCUT2D eigenvalue weighted by molar-refractivity contribution is 5.63. The maximum absolute atomic E-state index is 13.5. The Hall–Kier alpha value is -2.11. The zero-order valence-electron chi connectivity index (χ0n) is 7.90. The van der Waals surface area contributed by atoms with E-state index in [1.165, 1.54) is 19.2 Å². The van der Waals surface area contributed by atoms with Crippen molar-refractivity contribution in [2.45, 2.75) is 0 Å². The number of aromatic nitrogens is 2. The summed E-state index contributed by atoms with van der Waals surface area (Å²) in [5, 5.41) is 3.38. The lowest BCUT2D eigenvalue weighted by molar-refractivity contribution is 0.401. The fourth-order valence-corrected chi connectivity index (χ4v) is 1.22. The molecule has 2 aromatic rings. The summed E-state index contributed by atoms with van der Waals surface area (Å²) in [6, 6.07) is 4.40. The van der Waals surface area contributed by atoms with Gasteiger partial charge >= 0.3 is 0 Å². The van der Waals surface area contributed by atoms with Gasteiger partial charge in [0.2, 0.25) is 0 Å². The van der Waals surface area contributed by atoms with E-state index >= 15 is 0 Å². The molecule has 0 spiro atoms. The van der Waals surface area contributed by atoms with Gasteiger partial charge in [0, 0.05) is 0 Å². The Morgan fingerprint density at radius 2 is 2.27 bits per heavy atom. The number of rotatable bonds is 2. The molecule has 15 heavy (non-hydrogen) atoms. The van der Waals surface area contributed by atoms with Gasteiger partial charge in [0.25, 0.3) is 11.8 Å². The lowest BCUT2D eigenvalue weighted by Crippen LogP contribution is -1.92. The monoisotopic (exact) mass is 209 g/mol. The van der Waals surface area contributed by atoms with Gasteiger partial charge in [-0.15, -0.1) is 0 Å². The molecule has 5 nitrogen and oxygen atoms in total. The second kappa shape index (κ2) is 3.56. The van der Waals surface area contributed by atoms with Crippen LogP contribution in [0.2, 0.25) is 0 Å². The summed E-state index contributed by atoms with van der Waals surface area (Å²) < 4.78 is 23.2. The summed E-state index contributed by atoms with van der Waals surface area (Å²) in [5.74, 6) is -0.227. The molecule has 2 N–H and O–H groups in total. The molecule has 6 heteroatoms. The van der Waals surface area contributed by atoms with Crippen molar-refractivity contribution in [3.8, 4) is 17.2 Å². The van der Waals surface area contributed by atoms with Crippen LogP contribution in [0.15, 0.2) is 22.7 Å². The van der Waals surface area contributed by atoms with Crippen molar-refractivity contribution in [1.29, 1.82) is 0 Å². The van der Waals surface area contributed by atoms with Crippen molar-refractivity contribution in [2.75, 3.05) is 12.8 Å². The Bertz CT molecular complexity index is 484. The van der Waals surface area contributed by atoms with E-state index in [4.69, 9.17) is 15.0 Å². The molecule has 0 aliphatic rings. The van der Waals surface area contributed by atoms with Crippen molar-refractivity contribution in [3.63, 3.8) is 0 Å². The largest absolute Gasteiger partial charge is 0.496 e. The number of anilines is 1. The molecule has 0 fully saturated rings. The number of methoxy groups -OCH3 is 1. The normalized spacial score (nSPS) is 10.3. The molecule has 1 aromatic carbocycles. The molecular formula is C9H8FN3O2. The van der Waals surface area contributed by atoms with Crippen molar-refractivity contribution in [1.82, 2.24) is 10.1 Å². The van der Waals surface area contributed by atoms with Gasteiger partial charge < -0.3 is 15.0 Å². The van der Waals surface area contributed by atoms with Crippen LogP contribution in [0.5, 0.6) is 5.75 Å². The van der Waals surface area contributed by atoms with Gasteiger partial charge in [-0.25, -0.2) is 4.39 Å². The number of nitrogens with zero attached hydrogens (tertiary/aromatic N) is 2. The number of nitrogen functional groups attached to an aromatic ring is 1. The molecule has 0 aliphatic heterocycles. The van der Waals surface area contributed by atoms with E-state index in [0.29, 0.717) is 5.75 Å². The van der Waals surface area contributed by atoms with Crippen LogP contribution in [0.4, 0.5) is 10.3 Å². The second-order valence-electron chi connectivity index (χ2n) is 2.77. The van der Waals surface area contributed by atoms with Crippen LogP contribution in [0.25, 0.3) is 11.5 Å². The minimum Gasteiger partial charge on any atom is -0.496 e. The first-order valence-corrected chi connectivity index (χ1v) is 4.14. The van der Waals surface area contributed by atoms with E-state index in [1.54, 1.807) is 6.07 Å². The molecule has 1 heterocycles. The highest BCUT2D eigenvalue weighted by Crippen LogP contribution is 2.31. The minimum atomic E-state index is -0.502. The third-order valence-electron chi connectivity index (χ3n) is 1.85. The smallest absolute Gasteiger partial charge is 0.266 e. The third kappa shape index (κ3) is 1.61.